The zero-order chi connectivity index (χ0) is 33.4. The highest BCUT2D eigenvalue weighted by Crippen LogP contribution is 2.37. The summed E-state index contributed by atoms with van der Waals surface area (Å²) < 4.78 is 25.8. The number of aliphatic hydroxyl groups excluding tert-OH is 1. The van der Waals surface area contributed by atoms with Crippen LogP contribution in [0.3, 0.4) is 0 Å². The maximum absolute atomic E-state index is 13.3. The summed E-state index contributed by atoms with van der Waals surface area (Å²) in [5.74, 6) is -1.03. The van der Waals surface area contributed by atoms with E-state index in [0.717, 1.165) is 15.9 Å². The van der Waals surface area contributed by atoms with Crippen molar-refractivity contribution in [2.75, 3.05) is 6.61 Å². The molecule has 0 aliphatic carbocycles. The van der Waals surface area contributed by atoms with Crippen LogP contribution in [-0.4, -0.2) is 62.6 Å². The Hall–Kier alpha value is -4.12. The van der Waals surface area contributed by atoms with E-state index in [0.29, 0.717) is 5.56 Å². The van der Waals surface area contributed by atoms with Gasteiger partial charge < -0.3 is 29.1 Å². The summed E-state index contributed by atoms with van der Waals surface area (Å²) in [7, 11) is -3.02. The average molecular weight is 654 g/mol. The molecule has 0 radical (unpaired) electrons. The second-order valence-electron chi connectivity index (χ2n) is 12.8. The van der Waals surface area contributed by atoms with Crippen molar-refractivity contribution in [3.05, 3.63) is 132 Å². The minimum atomic E-state index is -3.02. The molecule has 5 atom stereocenters. The van der Waals surface area contributed by atoms with E-state index in [4.69, 9.17) is 18.6 Å². The van der Waals surface area contributed by atoms with E-state index in [-0.39, 0.29) is 24.2 Å². The maximum Gasteiger partial charge on any atom is 0.338 e. The van der Waals surface area contributed by atoms with Gasteiger partial charge in [0.1, 0.15) is 18.2 Å². The molecule has 1 heterocycles. The Morgan fingerprint density at radius 3 is 1.83 bits per heavy atom. The standard InChI is InChI=1S/C38H43NO7Si/c1-27(40)39-33-35(46-36(42)29-19-11-6-12-20-29)34(41)32(45-37(33)43-25-28-17-9-5-10-18-28)26-44-47(38(2,3)4,30-21-13-7-14-22-30)31-23-15-8-16-24-31/h5-24,32-35,37,41H,25-26H2,1-4H3,(H,39,40)/t32-,33-,34-,35-,37+/m1/s1. The van der Waals surface area contributed by atoms with E-state index in [1.807, 2.05) is 66.7 Å². The van der Waals surface area contributed by atoms with Crippen LogP contribution in [0, 0.1) is 0 Å². The first-order valence-electron chi connectivity index (χ1n) is 15.9. The fourth-order valence-corrected chi connectivity index (χ4v) is 10.8. The molecule has 0 bridgehead atoms. The molecule has 0 unspecified atom stereocenters. The van der Waals surface area contributed by atoms with Crippen LogP contribution in [-0.2, 0) is 30.0 Å². The van der Waals surface area contributed by atoms with E-state index in [1.165, 1.54) is 6.92 Å². The van der Waals surface area contributed by atoms with Crippen molar-refractivity contribution < 1.29 is 33.3 Å². The normalized spacial score (nSPS) is 21.5. The number of hydrogen-bond acceptors (Lipinski definition) is 7. The monoisotopic (exact) mass is 653 g/mol. The predicted octanol–water partition coefficient (Wildman–Crippen LogP) is 4.60. The van der Waals surface area contributed by atoms with Gasteiger partial charge in [-0.2, -0.15) is 0 Å². The van der Waals surface area contributed by atoms with Crippen LogP contribution in [0.4, 0.5) is 0 Å². The Morgan fingerprint density at radius 1 is 0.809 bits per heavy atom. The van der Waals surface area contributed by atoms with Crippen LogP contribution in [0.5, 0.6) is 0 Å². The molecular formula is C38H43NO7Si. The summed E-state index contributed by atoms with van der Waals surface area (Å²) in [5.41, 5.74) is 1.20. The van der Waals surface area contributed by atoms with E-state index >= 15 is 0 Å². The topological polar surface area (TPSA) is 103 Å². The van der Waals surface area contributed by atoms with Gasteiger partial charge in [0.25, 0.3) is 8.32 Å². The third kappa shape index (κ3) is 7.89. The summed E-state index contributed by atoms with van der Waals surface area (Å²) in [6.07, 6.45) is -4.58. The third-order valence-corrected chi connectivity index (χ3v) is 13.4. The smallest absolute Gasteiger partial charge is 0.338 e. The highest BCUT2D eigenvalue weighted by molar-refractivity contribution is 6.99. The SMILES string of the molecule is CC(=O)N[C@H]1[C@@H](OCc2ccccc2)O[C@H](CO[Si](c2ccccc2)(c2ccccc2)C(C)(C)C)[C@@H](O)[C@@H]1OC(=O)c1ccccc1. The third-order valence-electron chi connectivity index (χ3n) is 8.43. The fraction of sp³-hybridized carbons (Fsp3) is 0.316. The molecule has 5 rings (SSSR count). The predicted molar refractivity (Wildman–Crippen MR) is 183 cm³/mol. The molecule has 1 saturated heterocycles. The molecule has 1 fully saturated rings. The summed E-state index contributed by atoms with van der Waals surface area (Å²) >= 11 is 0. The average Bonchev–Trinajstić information content (AvgIpc) is 3.08. The lowest BCUT2D eigenvalue weighted by molar-refractivity contribution is -0.272. The number of hydrogen-bond donors (Lipinski definition) is 2. The highest BCUT2D eigenvalue weighted by atomic mass is 28.4. The van der Waals surface area contributed by atoms with E-state index in [2.05, 4.69) is 50.4 Å². The molecule has 8 nitrogen and oxygen atoms in total. The lowest BCUT2D eigenvalue weighted by Gasteiger charge is -2.47. The van der Waals surface area contributed by atoms with Gasteiger partial charge in [0.2, 0.25) is 5.91 Å². The van der Waals surface area contributed by atoms with Gasteiger partial charge in [-0.15, -0.1) is 0 Å². The lowest BCUT2D eigenvalue weighted by atomic mass is 9.96. The molecule has 0 saturated carbocycles. The minimum Gasteiger partial charge on any atom is -0.453 e. The Kier molecular flexibility index (Phi) is 11.1. The molecule has 246 valence electrons. The van der Waals surface area contributed by atoms with Gasteiger partial charge >= 0.3 is 5.97 Å². The maximum atomic E-state index is 13.3. The van der Waals surface area contributed by atoms with Gasteiger partial charge in [0.05, 0.1) is 18.8 Å². The Bertz CT molecular complexity index is 1540. The van der Waals surface area contributed by atoms with Crippen LogP contribution in [0.1, 0.15) is 43.6 Å². The summed E-state index contributed by atoms with van der Waals surface area (Å²) in [5, 5.41) is 16.5. The van der Waals surface area contributed by atoms with Crippen LogP contribution in [0.2, 0.25) is 5.04 Å². The van der Waals surface area contributed by atoms with Crippen LogP contribution >= 0.6 is 0 Å². The zero-order valence-corrected chi connectivity index (χ0v) is 28.2. The number of amides is 1. The first kappa shape index (κ1) is 34.2. The number of ether oxygens (including phenoxy) is 3. The Balaban J connectivity index is 1.51. The first-order valence-corrected chi connectivity index (χ1v) is 17.8. The molecule has 1 amide bonds. The number of benzene rings is 4. The minimum absolute atomic E-state index is 0.0220. The molecule has 1 aliphatic heterocycles. The molecule has 0 spiro atoms. The van der Waals surface area contributed by atoms with Gasteiger partial charge in [-0.05, 0) is 33.1 Å². The molecule has 0 aromatic heterocycles. The van der Waals surface area contributed by atoms with E-state index < -0.39 is 44.9 Å². The molecule has 47 heavy (non-hydrogen) atoms. The van der Waals surface area contributed by atoms with Gasteiger partial charge in [-0.1, -0.05) is 130 Å². The lowest BCUT2D eigenvalue weighted by Crippen LogP contribution is -2.69. The molecule has 1 aliphatic rings. The van der Waals surface area contributed by atoms with Gasteiger partial charge in [0, 0.05) is 6.92 Å². The van der Waals surface area contributed by atoms with Crippen LogP contribution in [0.15, 0.2) is 121 Å². The number of nitrogens with one attached hydrogen (secondary N) is 1. The molecular weight excluding hydrogens is 611 g/mol. The first-order chi connectivity index (χ1) is 22.6. The highest BCUT2D eigenvalue weighted by Gasteiger charge is 2.53. The number of aliphatic hydroxyl groups is 1. The van der Waals surface area contributed by atoms with E-state index in [9.17, 15) is 14.7 Å². The fourth-order valence-electron chi connectivity index (χ4n) is 6.21. The van der Waals surface area contributed by atoms with Gasteiger partial charge in [-0.3, -0.25) is 4.79 Å². The molecule has 9 heteroatoms. The van der Waals surface area contributed by atoms with Crippen molar-refractivity contribution >= 4 is 30.6 Å². The van der Waals surface area contributed by atoms with Crippen molar-refractivity contribution in [3.63, 3.8) is 0 Å². The van der Waals surface area contributed by atoms with Crippen molar-refractivity contribution in [3.8, 4) is 0 Å². The molecule has 2 N–H and O–H groups in total. The summed E-state index contributed by atoms with van der Waals surface area (Å²) in [6, 6.07) is 37.4. The quantitative estimate of drug-likeness (QED) is 0.180. The number of esters is 1. The second-order valence-corrected chi connectivity index (χ2v) is 17.1. The van der Waals surface area contributed by atoms with Crippen molar-refractivity contribution in [1.29, 1.82) is 0 Å². The van der Waals surface area contributed by atoms with Crippen molar-refractivity contribution in [2.45, 2.75) is 70.0 Å². The largest absolute Gasteiger partial charge is 0.453 e. The van der Waals surface area contributed by atoms with Gasteiger partial charge in [0.15, 0.2) is 12.4 Å². The van der Waals surface area contributed by atoms with Crippen LogP contribution in [0.25, 0.3) is 0 Å². The second kappa shape index (κ2) is 15.2. The molecule has 4 aromatic rings. The zero-order valence-electron chi connectivity index (χ0n) is 27.2. The molecule has 4 aromatic carbocycles. The van der Waals surface area contributed by atoms with Crippen LogP contribution < -0.4 is 15.7 Å². The summed E-state index contributed by atoms with van der Waals surface area (Å²) in [4.78, 5) is 25.8. The number of rotatable bonds is 11. The van der Waals surface area contributed by atoms with Crippen molar-refractivity contribution in [2.24, 2.45) is 0 Å². The Morgan fingerprint density at radius 2 is 1.32 bits per heavy atom. The van der Waals surface area contributed by atoms with Crippen molar-refractivity contribution in [1.82, 2.24) is 5.32 Å². The van der Waals surface area contributed by atoms with Gasteiger partial charge in [-0.25, -0.2) is 4.79 Å². The Labute approximate surface area is 277 Å². The number of carbonyl (C=O) groups is 2. The summed E-state index contributed by atoms with van der Waals surface area (Å²) in [6.45, 7) is 8.00. The van der Waals surface area contributed by atoms with E-state index in [1.54, 1.807) is 30.3 Å². The number of carbonyl (C=O) groups excluding carboxylic acids is 2.